The molecular formula is C17H21NO2. The molecule has 0 bridgehead atoms. The van der Waals surface area contributed by atoms with E-state index in [2.05, 4.69) is 36.5 Å². The summed E-state index contributed by atoms with van der Waals surface area (Å²) in [5, 5.41) is 3.40. The fourth-order valence-electron chi connectivity index (χ4n) is 2.48. The van der Waals surface area contributed by atoms with Crippen LogP contribution in [-0.4, -0.2) is 7.11 Å². The molecule has 1 aromatic carbocycles. The number of hydrogen-bond acceptors (Lipinski definition) is 3. The van der Waals surface area contributed by atoms with Gasteiger partial charge in [-0.25, -0.2) is 0 Å². The normalized spacial score (nSPS) is 20.9. The van der Waals surface area contributed by atoms with Gasteiger partial charge in [0.2, 0.25) is 0 Å². The highest BCUT2D eigenvalue weighted by atomic mass is 16.5. The number of rotatable bonds is 6. The van der Waals surface area contributed by atoms with Crippen LogP contribution >= 0.6 is 0 Å². The summed E-state index contributed by atoms with van der Waals surface area (Å²) in [6, 6.07) is 12.3. The first-order valence-corrected chi connectivity index (χ1v) is 7.18. The first kappa shape index (κ1) is 13.3. The maximum absolute atomic E-state index is 5.87. The number of benzene rings is 1. The summed E-state index contributed by atoms with van der Waals surface area (Å²) >= 11 is 0. The molecule has 1 N–H and O–H groups in total. The zero-order valence-corrected chi connectivity index (χ0v) is 12.1. The monoisotopic (exact) mass is 271 g/mol. The Hall–Kier alpha value is -1.74. The lowest BCUT2D eigenvalue weighted by molar-refractivity contribution is 0.414. The summed E-state index contributed by atoms with van der Waals surface area (Å²) in [5.74, 6) is 4.51. The molecule has 2 atom stereocenters. The molecule has 1 saturated carbocycles. The van der Waals surface area contributed by atoms with E-state index in [1.165, 1.54) is 12.0 Å². The zero-order valence-electron chi connectivity index (χ0n) is 12.1. The second-order valence-corrected chi connectivity index (χ2v) is 5.58. The second kappa shape index (κ2) is 5.71. The molecule has 0 amide bonds. The molecule has 0 spiro atoms. The van der Waals surface area contributed by atoms with Gasteiger partial charge >= 0.3 is 0 Å². The van der Waals surface area contributed by atoms with Crippen molar-refractivity contribution in [2.45, 2.75) is 32.4 Å². The average molecular weight is 271 g/mol. The van der Waals surface area contributed by atoms with Crippen molar-refractivity contribution >= 4 is 0 Å². The van der Waals surface area contributed by atoms with Crippen LogP contribution < -0.4 is 10.1 Å². The highest BCUT2D eigenvalue weighted by Gasteiger charge is 2.36. The Labute approximate surface area is 119 Å². The van der Waals surface area contributed by atoms with Crippen LogP contribution in [0.4, 0.5) is 0 Å². The molecular weight excluding hydrogens is 250 g/mol. The van der Waals surface area contributed by atoms with Crippen molar-refractivity contribution in [1.29, 1.82) is 0 Å². The topological polar surface area (TPSA) is 34.4 Å². The summed E-state index contributed by atoms with van der Waals surface area (Å²) in [5.41, 5.74) is 1.24. The van der Waals surface area contributed by atoms with Gasteiger partial charge in [-0.15, -0.1) is 0 Å². The Morgan fingerprint density at radius 2 is 1.90 bits per heavy atom. The minimum atomic E-state index is 0.658. The number of furan rings is 1. The van der Waals surface area contributed by atoms with Gasteiger partial charge in [-0.05, 0) is 42.2 Å². The lowest BCUT2D eigenvalue weighted by Crippen LogP contribution is -2.11. The van der Waals surface area contributed by atoms with Gasteiger partial charge in [0.05, 0.1) is 13.7 Å². The Balaban J connectivity index is 1.48. The van der Waals surface area contributed by atoms with Gasteiger partial charge in [0, 0.05) is 12.5 Å². The van der Waals surface area contributed by atoms with E-state index in [1.54, 1.807) is 7.11 Å². The Morgan fingerprint density at radius 1 is 1.15 bits per heavy atom. The van der Waals surface area contributed by atoms with Crippen molar-refractivity contribution in [3.63, 3.8) is 0 Å². The van der Waals surface area contributed by atoms with Gasteiger partial charge in [0.25, 0.3) is 0 Å². The highest BCUT2D eigenvalue weighted by molar-refractivity contribution is 5.27. The molecule has 2 aromatic rings. The molecule has 1 aliphatic rings. The van der Waals surface area contributed by atoms with Crippen LogP contribution in [-0.2, 0) is 13.1 Å². The largest absolute Gasteiger partial charge is 0.497 e. The van der Waals surface area contributed by atoms with Crippen molar-refractivity contribution < 1.29 is 9.15 Å². The highest BCUT2D eigenvalue weighted by Crippen LogP contribution is 2.47. The molecule has 0 radical (unpaired) electrons. The molecule has 0 aliphatic heterocycles. The van der Waals surface area contributed by atoms with Gasteiger partial charge in [0.15, 0.2) is 0 Å². The number of ether oxygens (including phenoxy) is 1. The van der Waals surface area contributed by atoms with Crippen molar-refractivity contribution in [2.24, 2.45) is 5.92 Å². The Kier molecular flexibility index (Phi) is 3.79. The van der Waals surface area contributed by atoms with Crippen molar-refractivity contribution in [1.82, 2.24) is 5.32 Å². The molecule has 3 nitrogen and oxygen atoms in total. The van der Waals surface area contributed by atoms with Crippen LogP contribution in [0.15, 0.2) is 40.8 Å². The zero-order chi connectivity index (χ0) is 13.9. The van der Waals surface area contributed by atoms with Gasteiger partial charge in [-0.2, -0.15) is 0 Å². The summed E-state index contributed by atoms with van der Waals surface area (Å²) in [4.78, 5) is 0. The van der Waals surface area contributed by atoms with Gasteiger partial charge in [-0.3, -0.25) is 0 Å². The average Bonchev–Trinajstić information content (AvgIpc) is 3.01. The van der Waals surface area contributed by atoms with Crippen LogP contribution in [0.25, 0.3) is 0 Å². The first-order valence-electron chi connectivity index (χ1n) is 7.18. The van der Waals surface area contributed by atoms with Gasteiger partial charge in [0.1, 0.15) is 17.3 Å². The van der Waals surface area contributed by atoms with Crippen molar-refractivity contribution in [3.8, 4) is 5.75 Å². The fraction of sp³-hybridized carbons (Fsp3) is 0.412. The van der Waals surface area contributed by atoms with E-state index in [-0.39, 0.29) is 0 Å². The Bertz CT molecular complexity index is 559. The third-order valence-corrected chi connectivity index (χ3v) is 3.94. The van der Waals surface area contributed by atoms with Gasteiger partial charge < -0.3 is 14.5 Å². The maximum atomic E-state index is 5.87. The summed E-state index contributed by atoms with van der Waals surface area (Å²) in [7, 11) is 1.68. The second-order valence-electron chi connectivity index (χ2n) is 5.58. The summed E-state index contributed by atoms with van der Waals surface area (Å²) in [6.07, 6.45) is 1.27. The van der Waals surface area contributed by atoms with Crippen LogP contribution in [0.1, 0.15) is 36.3 Å². The predicted molar refractivity (Wildman–Crippen MR) is 78.8 cm³/mol. The molecule has 0 unspecified atom stereocenters. The quantitative estimate of drug-likeness (QED) is 0.870. The van der Waals surface area contributed by atoms with E-state index >= 15 is 0 Å². The predicted octanol–water partition coefficient (Wildman–Crippen LogP) is 3.70. The molecule has 1 heterocycles. The summed E-state index contributed by atoms with van der Waals surface area (Å²) in [6.45, 7) is 3.88. The molecule has 1 aliphatic carbocycles. The third-order valence-electron chi connectivity index (χ3n) is 3.94. The van der Waals surface area contributed by atoms with Crippen LogP contribution in [0, 0.1) is 5.92 Å². The lowest BCUT2D eigenvalue weighted by Gasteiger charge is -2.04. The fourth-order valence-corrected chi connectivity index (χ4v) is 2.48. The number of hydrogen-bond donors (Lipinski definition) is 1. The van der Waals surface area contributed by atoms with E-state index < -0.39 is 0 Å². The first-order chi connectivity index (χ1) is 9.76. The third kappa shape index (κ3) is 3.05. The number of nitrogens with one attached hydrogen (secondary N) is 1. The van der Waals surface area contributed by atoms with E-state index in [9.17, 15) is 0 Å². The van der Waals surface area contributed by atoms with Gasteiger partial charge in [-0.1, -0.05) is 19.1 Å². The van der Waals surface area contributed by atoms with E-state index in [1.807, 2.05) is 12.1 Å². The number of methoxy groups -OCH3 is 1. The Morgan fingerprint density at radius 3 is 2.55 bits per heavy atom. The SMILES string of the molecule is COc1ccc(CNCc2ccc([C@@H]3C[C@@H]3C)o2)cc1. The molecule has 20 heavy (non-hydrogen) atoms. The summed E-state index contributed by atoms with van der Waals surface area (Å²) < 4.78 is 11.0. The maximum Gasteiger partial charge on any atom is 0.118 e. The van der Waals surface area contributed by atoms with E-state index in [4.69, 9.17) is 9.15 Å². The molecule has 0 saturated heterocycles. The van der Waals surface area contributed by atoms with Crippen LogP contribution in [0.2, 0.25) is 0 Å². The van der Waals surface area contributed by atoms with Crippen LogP contribution in [0.5, 0.6) is 5.75 Å². The van der Waals surface area contributed by atoms with Crippen molar-refractivity contribution in [3.05, 3.63) is 53.5 Å². The standard InChI is InChI=1S/C17H21NO2/c1-12-9-16(12)17-8-7-15(20-17)11-18-10-13-3-5-14(19-2)6-4-13/h3-8,12,16,18H,9-11H2,1-2H3/t12-,16+/m0/s1. The van der Waals surface area contributed by atoms with E-state index in [0.29, 0.717) is 5.92 Å². The lowest BCUT2D eigenvalue weighted by atomic mass is 10.2. The molecule has 3 rings (SSSR count). The van der Waals surface area contributed by atoms with E-state index in [0.717, 1.165) is 36.3 Å². The minimum absolute atomic E-state index is 0.658. The smallest absolute Gasteiger partial charge is 0.118 e. The molecule has 1 fully saturated rings. The van der Waals surface area contributed by atoms with Crippen LogP contribution in [0.3, 0.4) is 0 Å². The molecule has 3 heteroatoms. The molecule has 106 valence electrons. The molecule has 1 aromatic heterocycles. The minimum Gasteiger partial charge on any atom is -0.497 e. The van der Waals surface area contributed by atoms with Crippen molar-refractivity contribution in [2.75, 3.05) is 7.11 Å².